The Balaban J connectivity index is 2.15. The summed E-state index contributed by atoms with van der Waals surface area (Å²) in [4.78, 5) is 14.8. The van der Waals surface area contributed by atoms with Crippen LogP contribution in [0.15, 0.2) is 23.8 Å². The number of likely N-dealkylation sites (tertiary alicyclic amines) is 1. The lowest BCUT2D eigenvalue weighted by molar-refractivity contribution is -0.134. The van der Waals surface area contributed by atoms with E-state index in [4.69, 9.17) is 0 Å². The Morgan fingerprint density at radius 1 is 1.35 bits per heavy atom. The molecule has 0 aromatic rings. The molecule has 112 valence electrons. The number of carbonyl (C=O) groups excluding carboxylic acids is 1. The molecule has 1 aliphatic heterocycles. The second kappa shape index (κ2) is 5.36. The van der Waals surface area contributed by atoms with Gasteiger partial charge >= 0.3 is 0 Å². The van der Waals surface area contributed by atoms with Crippen LogP contribution in [0.25, 0.3) is 0 Å². The summed E-state index contributed by atoms with van der Waals surface area (Å²) in [6, 6.07) is -0.0805. The fourth-order valence-electron chi connectivity index (χ4n) is 3.36. The van der Waals surface area contributed by atoms with E-state index in [2.05, 4.69) is 51.2 Å². The molecule has 1 N–H and O–H groups in total. The fraction of sp³-hybridized carbons (Fsp3) is 0.706. The van der Waals surface area contributed by atoms with Gasteiger partial charge in [0.2, 0.25) is 5.91 Å². The third-order valence-electron chi connectivity index (χ3n) is 4.88. The van der Waals surface area contributed by atoms with Crippen LogP contribution in [0.5, 0.6) is 0 Å². The van der Waals surface area contributed by atoms with Crippen LogP contribution in [-0.2, 0) is 4.79 Å². The highest BCUT2D eigenvalue weighted by Gasteiger charge is 2.39. The lowest BCUT2D eigenvalue weighted by Crippen LogP contribution is -2.51. The summed E-state index contributed by atoms with van der Waals surface area (Å²) in [7, 11) is 1.90. The van der Waals surface area contributed by atoms with Gasteiger partial charge in [-0.3, -0.25) is 4.79 Å². The molecule has 1 unspecified atom stereocenters. The van der Waals surface area contributed by atoms with Crippen molar-refractivity contribution in [3.05, 3.63) is 23.8 Å². The molecule has 1 aliphatic carbocycles. The molecule has 2 rings (SSSR count). The number of hydrogen-bond donors (Lipinski definition) is 1. The van der Waals surface area contributed by atoms with Crippen molar-refractivity contribution in [2.45, 2.75) is 46.6 Å². The van der Waals surface area contributed by atoms with Gasteiger partial charge in [-0.2, -0.15) is 0 Å². The maximum Gasteiger partial charge on any atom is 0.240 e. The van der Waals surface area contributed by atoms with Crippen LogP contribution in [0.1, 0.15) is 40.5 Å². The minimum absolute atomic E-state index is 0.0262. The van der Waals surface area contributed by atoms with E-state index in [1.54, 1.807) is 0 Å². The van der Waals surface area contributed by atoms with Crippen molar-refractivity contribution in [2.75, 3.05) is 20.1 Å². The van der Waals surface area contributed by atoms with Crippen LogP contribution < -0.4 is 5.32 Å². The second-order valence-electron chi connectivity index (χ2n) is 7.35. The molecular formula is C17H28N2O. The van der Waals surface area contributed by atoms with E-state index in [0.717, 1.165) is 25.9 Å². The van der Waals surface area contributed by atoms with Crippen molar-refractivity contribution in [1.82, 2.24) is 10.2 Å². The van der Waals surface area contributed by atoms with Crippen molar-refractivity contribution in [3.8, 4) is 0 Å². The van der Waals surface area contributed by atoms with Crippen LogP contribution >= 0.6 is 0 Å². The zero-order valence-electron chi connectivity index (χ0n) is 13.5. The van der Waals surface area contributed by atoms with Crippen LogP contribution in [0.3, 0.4) is 0 Å². The van der Waals surface area contributed by atoms with Crippen molar-refractivity contribution >= 4 is 5.91 Å². The van der Waals surface area contributed by atoms with Gasteiger partial charge in [0.15, 0.2) is 0 Å². The van der Waals surface area contributed by atoms with E-state index in [0.29, 0.717) is 0 Å². The van der Waals surface area contributed by atoms with E-state index in [9.17, 15) is 4.79 Å². The molecule has 0 aromatic carbocycles. The van der Waals surface area contributed by atoms with E-state index in [-0.39, 0.29) is 22.8 Å². The Hall–Kier alpha value is -1.09. The molecule has 1 saturated heterocycles. The van der Waals surface area contributed by atoms with Crippen molar-refractivity contribution in [2.24, 2.45) is 10.8 Å². The van der Waals surface area contributed by atoms with Crippen LogP contribution in [0.4, 0.5) is 0 Å². The molecule has 0 saturated carbocycles. The summed E-state index contributed by atoms with van der Waals surface area (Å²) in [5.74, 6) is 0.249. The van der Waals surface area contributed by atoms with Gasteiger partial charge < -0.3 is 10.2 Å². The van der Waals surface area contributed by atoms with Crippen LogP contribution in [0, 0.1) is 10.8 Å². The Morgan fingerprint density at radius 2 is 2.05 bits per heavy atom. The number of carbonyl (C=O) groups is 1. The topological polar surface area (TPSA) is 32.3 Å². The molecule has 3 heteroatoms. The number of rotatable bonds is 3. The highest BCUT2D eigenvalue weighted by Crippen LogP contribution is 2.35. The quantitative estimate of drug-likeness (QED) is 0.859. The smallest absolute Gasteiger partial charge is 0.240 e. The summed E-state index contributed by atoms with van der Waals surface area (Å²) in [5, 5.41) is 3.23. The Labute approximate surface area is 123 Å². The van der Waals surface area contributed by atoms with E-state index in [1.165, 1.54) is 5.57 Å². The summed E-state index contributed by atoms with van der Waals surface area (Å²) < 4.78 is 0. The molecule has 1 fully saturated rings. The van der Waals surface area contributed by atoms with Gasteiger partial charge in [-0.15, -0.1) is 0 Å². The van der Waals surface area contributed by atoms with Crippen LogP contribution in [0.2, 0.25) is 0 Å². The Kier molecular flexibility index (Phi) is 4.10. The number of nitrogens with one attached hydrogen (secondary N) is 1. The number of nitrogens with zero attached hydrogens (tertiary/aromatic N) is 1. The monoisotopic (exact) mass is 276 g/mol. The van der Waals surface area contributed by atoms with Crippen LogP contribution in [-0.4, -0.2) is 37.0 Å². The Bertz CT molecular complexity index is 446. The van der Waals surface area contributed by atoms with Gasteiger partial charge in [-0.25, -0.2) is 0 Å². The van der Waals surface area contributed by atoms with Crippen molar-refractivity contribution < 1.29 is 4.79 Å². The van der Waals surface area contributed by atoms with Crippen molar-refractivity contribution in [1.29, 1.82) is 0 Å². The number of likely N-dealkylation sites (N-methyl/N-ethyl adjacent to an activating group) is 1. The molecular weight excluding hydrogens is 248 g/mol. The molecule has 2 aliphatic rings. The summed E-state index contributed by atoms with van der Waals surface area (Å²) in [6.07, 6.45) is 8.65. The van der Waals surface area contributed by atoms with Gasteiger partial charge in [-0.05, 0) is 30.9 Å². The zero-order chi connectivity index (χ0) is 15.0. The minimum Gasteiger partial charge on any atom is -0.337 e. The van der Waals surface area contributed by atoms with Gasteiger partial charge in [0.05, 0.1) is 6.04 Å². The maximum absolute atomic E-state index is 12.8. The van der Waals surface area contributed by atoms with Gasteiger partial charge in [0.25, 0.3) is 0 Å². The average molecular weight is 276 g/mol. The van der Waals surface area contributed by atoms with Gasteiger partial charge in [0, 0.05) is 18.5 Å². The number of allylic oxidation sites excluding steroid dienone is 3. The predicted octanol–water partition coefficient (Wildman–Crippen LogP) is 2.75. The molecule has 0 aromatic heterocycles. The van der Waals surface area contributed by atoms with E-state index >= 15 is 0 Å². The largest absolute Gasteiger partial charge is 0.337 e. The molecule has 0 spiro atoms. The zero-order valence-corrected chi connectivity index (χ0v) is 13.5. The first-order chi connectivity index (χ1) is 9.28. The third-order valence-corrected chi connectivity index (χ3v) is 4.88. The first kappa shape index (κ1) is 15.3. The van der Waals surface area contributed by atoms with E-state index in [1.807, 2.05) is 11.9 Å². The third kappa shape index (κ3) is 2.83. The molecule has 3 nitrogen and oxygen atoms in total. The summed E-state index contributed by atoms with van der Waals surface area (Å²) in [5.41, 5.74) is 1.44. The predicted molar refractivity (Wildman–Crippen MR) is 83.4 cm³/mol. The Morgan fingerprint density at radius 3 is 2.60 bits per heavy atom. The molecule has 0 radical (unpaired) electrons. The average Bonchev–Trinajstić information content (AvgIpc) is 2.61. The first-order valence-electron chi connectivity index (χ1n) is 7.63. The SMILES string of the molecule is CNC1C(=O)N(CC2=CC=CC2(C)C)CCCC1(C)C. The standard InChI is InChI=1S/C17H28N2O/c1-16(2)9-6-8-13(16)12-19-11-7-10-17(3,4)14(18-5)15(19)20/h6,8-9,14,18H,7,10-12H2,1-5H3. The number of hydrogen-bond acceptors (Lipinski definition) is 2. The molecule has 1 atom stereocenters. The first-order valence-corrected chi connectivity index (χ1v) is 7.63. The lowest BCUT2D eigenvalue weighted by Gasteiger charge is -2.34. The van der Waals surface area contributed by atoms with Crippen molar-refractivity contribution in [3.63, 3.8) is 0 Å². The molecule has 1 heterocycles. The normalized spacial score (nSPS) is 28.4. The van der Waals surface area contributed by atoms with E-state index < -0.39 is 0 Å². The van der Waals surface area contributed by atoms with Gasteiger partial charge in [-0.1, -0.05) is 45.9 Å². The lowest BCUT2D eigenvalue weighted by atomic mass is 9.80. The second-order valence-corrected chi connectivity index (χ2v) is 7.35. The molecule has 20 heavy (non-hydrogen) atoms. The summed E-state index contributed by atoms with van der Waals surface area (Å²) in [6.45, 7) is 10.4. The highest BCUT2D eigenvalue weighted by atomic mass is 16.2. The number of amides is 1. The molecule has 0 bridgehead atoms. The maximum atomic E-state index is 12.8. The minimum atomic E-state index is -0.0805. The fourth-order valence-corrected chi connectivity index (χ4v) is 3.36. The highest BCUT2D eigenvalue weighted by molar-refractivity contribution is 5.83. The van der Waals surface area contributed by atoms with Gasteiger partial charge in [0.1, 0.15) is 0 Å². The molecule has 1 amide bonds. The summed E-state index contributed by atoms with van der Waals surface area (Å²) >= 11 is 0.